The highest BCUT2D eigenvalue weighted by Crippen LogP contribution is 2.32. The van der Waals surface area contributed by atoms with Crippen LogP contribution in [0.4, 0.5) is 8.78 Å². The summed E-state index contributed by atoms with van der Waals surface area (Å²) in [4.78, 5) is 14.4. The summed E-state index contributed by atoms with van der Waals surface area (Å²) < 4.78 is 26.1. The molecule has 0 aromatic carbocycles. The van der Waals surface area contributed by atoms with Crippen molar-refractivity contribution in [3.8, 4) is 0 Å². The first-order valence-corrected chi connectivity index (χ1v) is 7.10. The van der Waals surface area contributed by atoms with Crippen LogP contribution in [0.3, 0.4) is 0 Å². The van der Waals surface area contributed by atoms with Crippen LogP contribution in [0.5, 0.6) is 0 Å². The smallest absolute Gasteiger partial charge is 0.262 e. The van der Waals surface area contributed by atoms with Gasteiger partial charge in [0.05, 0.1) is 12.6 Å². The third-order valence-electron chi connectivity index (χ3n) is 4.46. The summed E-state index contributed by atoms with van der Waals surface area (Å²) in [5, 5.41) is 5.55. The first kappa shape index (κ1) is 18.9. The van der Waals surface area contributed by atoms with Crippen LogP contribution in [-0.2, 0) is 4.79 Å². The Kier molecular flexibility index (Phi) is 6.24. The third-order valence-corrected chi connectivity index (χ3v) is 4.46. The predicted octanol–water partition coefficient (Wildman–Crippen LogP) is 1.43. The van der Waals surface area contributed by atoms with E-state index in [-0.39, 0.29) is 49.7 Å². The highest BCUT2D eigenvalue weighted by Gasteiger charge is 2.44. The maximum Gasteiger partial charge on any atom is 0.262 e. The number of carbonyl (C=O) groups excluding carboxylic acids is 1. The van der Waals surface area contributed by atoms with E-state index in [9.17, 15) is 13.6 Å². The van der Waals surface area contributed by atoms with Crippen molar-refractivity contribution < 1.29 is 13.6 Å². The summed E-state index contributed by atoms with van der Waals surface area (Å²) in [5.41, 5.74) is 0. The lowest BCUT2D eigenvalue weighted by Gasteiger charge is -2.19. The van der Waals surface area contributed by atoms with Gasteiger partial charge >= 0.3 is 0 Å². The van der Waals surface area contributed by atoms with Crippen LogP contribution in [-0.4, -0.2) is 54.5 Å². The number of nitrogens with one attached hydrogen (secondary N) is 2. The number of rotatable bonds is 3. The topological polar surface area (TPSA) is 44.4 Å². The number of amides is 1. The van der Waals surface area contributed by atoms with E-state index in [4.69, 9.17) is 0 Å². The molecular formula is C13H23Cl2F2N3O. The summed E-state index contributed by atoms with van der Waals surface area (Å²) in [6.45, 7) is 3.59. The fourth-order valence-electron chi connectivity index (χ4n) is 3.11. The fraction of sp³-hybridized carbons (Fsp3) is 0.923. The van der Waals surface area contributed by atoms with Gasteiger partial charge in [-0.25, -0.2) is 8.78 Å². The van der Waals surface area contributed by atoms with Gasteiger partial charge in [-0.1, -0.05) is 6.92 Å². The molecule has 124 valence electrons. The van der Waals surface area contributed by atoms with Crippen molar-refractivity contribution >= 4 is 30.7 Å². The molecular weight excluding hydrogens is 323 g/mol. The van der Waals surface area contributed by atoms with E-state index in [0.29, 0.717) is 12.0 Å². The Hall–Kier alpha value is -0.170. The SMILES string of the molecule is CC1CN(C2CC2)CC1NC(=O)C1CC(F)(F)CN1.Cl.Cl. The first-order chi connectivity index (χ1) is 8.94. The highest BCUT2D eigenvalue weighted by molar-refractivity contribution is 5.85. The molecule has 2 aliphatic heterocycles. The minimum Gasteiger partial charge on any atom is -0.350 e. The zero-order chi connectivity index (χ0) is 13.6. The van der Waals surface area contributed by atoms with Gasteiger partial charge in [-0.15, -0.1) is 24.8 Å². The number of hydrogen-bond acceptors (Lipinski definition) is 3. The Balaban J connectivity index is 0.00000110. The van der Waals surface area contributed by atoms with E-state index >= 15 is 0 Å². The molecule has 2 heterocycles. The summed E-state index contributed by atoms with van der Waals surface area (Å²) >= 11 is 0. The van der Waals surface area contributed by atoms with Gasteiger partial charge in [-0.3, -0.25) is 15.0 Å². The van der Waals surface area contributed by atoms with Crippen LogP contribution in [0, 0.1) is 5.92 Å². The largest absolute Gasteiger partial charge is 0.350 e. The molecule has 1 aliphatic carbocycles. The van der Waals surface area contributed by atoms with Gasteiger partial charge in [-0.2, -0.15) is 0 Å². The maximum absolute atomic E-state index is 13.1. The second kappa shape index (κ2) is 6.94. The van der Waals surface area contributed by atoms with Crippen LogP contribution in [0.2, 0.25) is 0 Å². The van der Waals surface area contributed by atoms with Gasteiger partial charge in [-0.05, 0) is 18.8 Å². The highest BCUT2D eigenvalue weighted by atomic mass is 35.5. The average molecular weight is 346 g/mol. The van der Waals surface area contributed by atoms with Crippen LogP contribution in [0.1, 0.15) is 26.2 Å². The number of halogens is 4. The zero-order valence-corrected chi connectivity index (χ0v) is 13.6. The molecule has 1 amide bonds. The van der Waals surface area contributed by atoms with E-state index in [1.54, 1.807) is 0 Å². The number of alkyl halides is 2. The van der Waals surface area contributed by atoms with Crippen molar-refractivity contribution in [2.45, 2.75) is 50.2 Å². The number of hydrogen-bond donors (Lipinski definition) is 2. The second-order valence-electron chi connectivity index (χ2n) is 6.27. The molecule has 3 rings (SSSR count). The maximum atomic E-state index is 13.1. The quantitative estimate of drug-likeness (QED) is 0.813. The molecule has 2 saturated heterocycles. The number of likely N-dealkylation sites (tertiary alicyclic amines) is 1. The summed E-state index contributed by atoms with van der Waals surface area (Å²) in [6.07, 6.45) is 2.12. The monoisotopic (exact) mass is 345 g/mol. The Morgan fingerprint density at radius 3 is 2.48 bits per heavy atom. The fourth-order valence-corrected chi connectivity index (χ4v) is 3.11. The Bertz CT molecular complexity index is 382. The van der Waals surface area contributed by atoms with Crippen molar-refractivity contribution in [2.24, 2.45) is 5.92 Å². The third kappa shape index (κ3) is 4.41. The van der Waals surface area contributed by atoms with E-state index in [0.717, 1.165) is 13.1 Å². The van der Waals surface area contributed by atoms with E-state index < -0.39 is 12.0 Å². The van der Waals surface area contributed by atoms with Crippen molar-refractivity contribution in [3.63, 3.8) is 0 Å². The van der Waals surface area contributed by atoms with Gasteiger partial charge in [0, 0.05) is 31.6 Å². The molecule has 0 aromatic rings. The van der Waals surface area contributed by atoms with Crippen LogP contribution in [0.25, 0.3) is 0 Å². The molecule has 3 unspecified atom stereocenters. The van der Waals surface area contributed by atoms with Gasteiger partial charge in [0.25, 0.3) is 5.92 Å². The molecule has 0 aromatic heterocycles. The number of nitrogens with zero attached hydrogens (tertiary/aromatic N) is 1. The lowest BCUT2D eigenvalue weighted by atomic mass is 10.1. The minimum atomic E-state index is -2.75. The van der Waals surface area contributed by atoms with Crippen LogP contribution >= 0.6 is 24.8 Å². The first-order valence-electron chi connectivity index (χ1n) is 7.10. The number of carbonyl (C=O) groups is 1. The molecule has 0 spiro atoms. The van der Waals surface area contributed by atoms with E-state index in [2.05, 4.69) is 22.5 Å². The molecule has 0 bridgehead atoms. The molecule has 1 saturated carbocycles. The second-order valence-corrected chi connectivity index (χ2v) is 6.27. The summed E-state index contributed by atoms with van der Waals surface area (Å²) in [5.74, 6) is -2.62. The Labute approximate surface area is 136 Å². The Morgan fingerprint density at radius 1 is 1.29 bits per heavy atom. The summed E-state index contributed by atoms with van der Waals surface area (Å²) in [7, 11) is 0. The predicted molar refractivity (Wildman–Crippen MR) is 81.5 cm³/mol. The van der Waals surface area contributed by atoms with E-state index in [1.165, 1.54) is 12.8 Å². The van der Waals surface area contributed by atoms with Gasteiger partial charge in [0.1, 0.15) is 0 Å². The van der Waals surface area contributed by atoms with Crippen molar-refractivity contribution in [3.05, 3.63) is 0 Å². The van der Waals surface area contributed by atoms with Crippen LogP contribution < -0.4 is 10.6 Å². The lowest BCUT2D eigenvalue weighted by molar-refractivity contribution is -0.124. The average Bonchev–Trinajstić information content (AvgIpc) is 3.03. The molecule has 2 N–H and O–H groups in total. The minimum absolute atomic E-state index is 0. The van der Waals surface area contributed by atoms with Gasteiger partial charge in [0.2, 0.25) is 5.91 Å². The lowest BCUT2D eigenvalue weighted by Crippen LogP contribution is -2.47. The van der Waals surface area contributed by atoms with Gasteiger partial charge < -0.3 is 5.32 Å². The molecule has 3 aliphatic rings. The van der Waals surface area contributed by atoms with Crippen molar-refractivity contribution in [1.29, 1.82) is 0 Å². The molecule has 3 fully saturated rings. The molecule has 3 atom stereocenters. The zero-order valence-electron chi connectivity index (χ0n) is 12.0. The normalized spacial score (nSPS) is 34.9. The van der Waals surface area contributed by atoms with Gasteiger partial charge in [0.15, 0.2) is 0 Å². The van der Waals surface area contributed by atoms with Crippen LogP contribution in [0.15, 0.2) is 0 Å². The molecule has 8 heteroatoms. The van der Waals surface area contributed by atoms with E-state index in [1.807, 2.05) is 0 Å². The molecule has 0 radical (unpaired) electrons. The molecule has 21 heavy (non-hydrogen) atoms. The summed E-state index contributed by atoms with van der Waals surface area (Å²) in [6, 6.07) is 0.0552. The molecule has 4 nitrogen and oxygen atoms in total. The van der Waals surface area contributed by atoms with Crippen molar-refractivity contribution in [1.82, 2.24) is 15.5 Å². The van der Waals surface area contributed by atoms with Crippen molar-refractivity contribution in [2.75, 3.05) is 19.6 Å². The Morgan fingerprint density at radius 2 is 1.95 bits per heavy atom. The standard InChI is InChI=1S/C13H21F2N3O.2ClH/c1-8-5-18(9-2-3-9)6-11(8)17-12(19)10-4-13(14,15)7-16-10;;/h8-11,16H,2-7H2,1H3,(H,17,19);2*1H.